The summed E-state index contributed by atoms with van der Waals surface area (Å²) in [6, 6.07) is 10.2. The quantitative estimate of drug-likeness (QED) is 0.724. The Hall–Kier alpha value is -1.14. The smallest absolute Gasteiger partial charge is 0.236 e. The average Bonchev–Trinajstić information content (AvgIpc) is 3.34. The molecule has 1 heterocycles. The highest BCUT2D eigenvalue weighted by Gasteiger charge is 2.24. The predicted molar refractivity (Wildman–Crippen MR) is 114 cm³/mol. The molecule has 1 N–H and O–H groups in total. The number of aromatic nitrogens is 1. The second-order valence-corrected chi connectivity index (χ2v) is 7.62. The molecule has 0 bridgehead atoms. The lowest BCUT2D eigenvalue weighted by Crippen LogP contribution is -2.37. The molecule has 1 aromatic heterocycles. The van der Waals surface area contributed by atoms with Crippen molar-refractivity contribution in [2.75, 3.05) is 20.1 Å². The highest BCUT2D eigenvalue weighted by atomic mass is 35.5. The van der Waals surface area contributed by atoms with Gasteiger partial charge in [-0.25, -0.2) is 4.98 Å². The van der Waals surface area contributed by atoms with Crippen molar-refractivity contribution in [1.29, 1.82) is 0 Å². The lowest BCUT2D eigenvalue weighted by molar-refractivity contribution is -0.130. The standard InChI is InChI=1S/C19H25N3OS.2ClH/c1-13-18(24-19(21-13)16-7-5-4-6-8-16)14(2)22(3)17(23)12-20-11-15-9-10-15;;/h4-8,14-15,20H,9-12H2,1-3H3;2*1H. The fourth-order valence-corrected chi connectivity index (χ4v) is 3.89. The second-order valence-electron chi connectivity index (χ2n) is 6.59. The average molecular weight is 416 g/mol. The van der Waals surface area contributed by atoms with Crippen LogP contribution in [0.3, 0.4) is 0 Å². The number of rotatable bonds is 7. The number of amides is 1. The fourth-order valence-electron chi connectivity index (χ4n) is 2.72. The molecule has 0 aliphatic heterocycles. The third kappa shape index (κ3) is 5.68. The van der Waals surface area contributed by atoms with Gasteiger partial charge in [-0.2, -0.15) is 0 Å². The molecule has 1 fully saturated rings. The van der Waals surface area contributed by atoms with Crippen LogP contribution in [0.1, 0.15) is 36.4 Å². The second kappa shape index (κ2) is 10.3. The molecule has 1 aliphatic rings. The van der Waals surface area contributed by atoms with E-state index in [1.807, 2.05) is 37.1 Å². The van der Waals surface area contributed by atoms with Crippen LogP contribution in [-0.2, 0) is 4.79 Å². The third-order valence-electron chi connectivity index (χ3n) is 4.61. The first kappa shape index (κ1) is 22.9. The maximum atomic E-state index is 12.4. The van der Waals surface area contributed by atoms with Crippen LogP contribution in [0.5, 0.6) is 0 Å². The van der Waals surface area contributed by atoms with Gasteiger partial charge in [-0.15, -0.1) is 36.2 Å². The van der Waals surface area contributed by atoms with Crippen LogP contribution in [-0.4, -0.2) is 35.9 Å². The molecule has 0 radical (unpaired) electrons. The molecule has 1 aromatic carbocycles. The first-order chi connectivity index (χ1) is 11.6. The first-order valence-electron chi connectivity index (χ1n) is 8.55. The minimum Gasteiger partial charge on any atom is -0.337 e. The SMILES string of the molecule is Cc1nc(-c2ccccc2)sc1C(C)N(C)C(=O)CNCC1CC1.Cl.Cl. The molecule has 1 aliphatic carbocycles. The van der Waals surface area contributed by atoms with Gasteiger partial charge in [-0.05, 0) is 39.2 Å². The molecule has 1 unspecified atom stereocenters. The molecule has 144 valence electrons. The minimum absolute atomic E-state index is 0. The van der Waals surface area contributed by atoms with Crippen molar-refractivity contribution in [3.63, 3.8) is 0 Å². The van der Waals surface area contributed by atoms with Crippen molar-refractivity contribution in [1.82, 2.24) is 15.2 Å². The molecule has 2 aromatic rings. The minimum atomic E-state index is 0. The number of benzene rings is 1. The van der Waals surface area contributed by atoms with Crippen LogP contribution in [0.4, 0.5) is 0 Å². The Morgan fingerprint density at radius 3 is 2.58 bits per heavy atom. The van der Waals surface area contributed by atoms with E-state index in [0.717, 1.165) is 33.6 Å². The summed E-state index contributed by atoms with van der Waals surface area (Å²) in [6.07, 6.45) is 2.60. The number of halogens is 2. The molecule has 1 amide bonds. The van der Waals surface area contributed by atoms with E-state index in [4.69, 9.17) is 4.98 Å². The Kier molecular flexibility index (Phi) is 9.04. The Morgan fingerprint density at radius 1 is 1.31 bits per heavy atom. The normalized spacial score (nSPS) is 14.1. The molecule has 7 heteroatoms. The molecular formula is C19H27Cl2N3OS. The number of likely N-dealkylation sites (N-methyl/N-ethyl adjacent to an activating group) is 1. The van der Waals surface area contributed by atoms with E-state index in [9.17, 15) is 4.79 Å². The van der Waals surface area contributed by atoms with Crippen LogP contribution in [0.25, 0.3) is 10.6 Å². The molecule has 0 saturated heterocycles. The zero-order valence-corrected chi connectivity index (χ0v) is 17.8. The van der Waals surface area contributed by atoms with Gasteiger partial charge in [0, 0.05) is 12.6 Å². The maximum Gasteiger partial charge on any atom is 0.236 e. The van der Waals surface area contributed by atoms with Gasteiger partial charge in [0.15, 0.2) is 0 Å². The topological polar surface area (TPSA) is 45.2 Å². The lowest BCUT2D eigenvalue weighted by Gasteiger charge is -2.24. The van der Waals surface area contributed by atoms with Crippen molar-refractivity contribution in [3.05, 3.63) is 40.9 Å². The number of carbonyl (C=O) groups is 1. The number of hydrogen-bond acceptors (Lipinski definition) is 4. The summed E-state index contributed by atoms with van der Waals surface area (Å²) in [6.45, 7) is 5.49. The van der Waals surface area contributed by atoms with E-state index in [1.54, 1.807) is 11.3 Å². The maximum absolute atomic E-state index is 12.4. The summed E-state index contributed by atoms with van der Waals surface area (Å²) in [5, 5.41) is 4.29. The summed E-state index contributed by atoms with van der Waals surface area (Å²) >= 11 is 1.68. The number of carbonyl (C=O) groups excluding carboxylic acids is 1. The Labute approximate surface area is 172 Å². The summed E-state index contributed by atoms with van der Waals surface area (Å²) < 4.78 is 0. The number of thiazole rings is 1. The number of aryl methyl sites for hydroxylation is 1. The van der Waals surface area contributed by atoms with Crippen LogP contribution >= 0.6 is 36.2 Å². The van der Waals surface area contributed by atoms with E-state index in [2.05, 4.69) is 24.4 Å². The first-order valence-corrected chi connectivity index (χ1v) is 9.37. The van der Waals surface area contributed by atoms with E-state index in [1.165, 1.54) is 12.8 Å². The van der Waals surface area contributed by atoms with Crippen molar-refractivity contribution in [3.8, 4) is 10.6 Å². The third-order valence-corrected chi connectivity index (χ3v) is 5.99. The van der Waals surface area contributed by atoms with Crippen LogP contribution in [0.2, 0.25) is 0 Å². The van der Waals surface area contributed by atoms with Crippen molar-refractivity contribution >= 4 is 42.1 Å². The summed E-state index contributed by atoms with van der Waals surface area (Å²) in [5.74, 6) is 0.926. The highest BCUT2D eigenvalue weighted by molar-refractivity contribution is 7.15. The number of nitrogens with one attached hydrogen (secondary N) is 1. The molecule has 4 nitrogen and oxygen atoms in total. The van der Waals surface area contributed by atoms with E-state index >= 15 is 0 Å². The molecule has 1 saturated carbocycles. The van der Waals surface area contributed by atoms with Gasteiger partial charge in [0.05, 0.1) is 23.2 Å². The summed E-state index contributed by atoms with van der Waals surface area (Å²) in [4.78, 5) is 20.1. The molecule has 0 spiro atoms. The molecular weight excluding hydrogens is 389 g/mol. The summed E-state index contributed by atoms with van der Waals surface area (Å²) in [7, 11) is 1.88. The summed E-state index contributed by atoms with van der Waals surface area (Å²) in [5.41, 5.74) is 2.14. The van der Waals surface area contributed by atoms with E-state index in [0.29, 0.717) is 6.54 Å². The Morgan fingerprint density at radius 2 is 1.96 bits per heavy atom. The van der Waals surface area contributed by atoms with Gasteiger partial charge in [0.2, 0.25) is 5.91 Å². The van der Waals surface area contributed by atoms with Crippen LogP contribution in [0.15, 0.2) is 30.3 Å². The molecule has 26 heavy (non-hydrogen) atoms. The largest absolute Gasteiger partial charge is 0.337 e. The zero-order valence-electron chi connectivity index (χ0n) is 15.4. The highest BCUT2D eigenvalue weighted by Crippen LogP contribution is 2.33. The van der Waals surface area contributed by atoms with Gasteiger partial charge in [-0.3, -0.25) is 4.79 Å². The number of hydrogen-bond donors (Lipinski definition) is 1. The van der Waals surface area contributed by atoms with Crippen molar-refractivity contribution in [2.24, 2.45) is 5.92 Å². The van der Waals surface area contributed by atoms with E-state index in [-0.39, 0.29) is 36.8 Å². The van der Waals surface area contributed by atoms with Gasteiger partial charge in [0.25, 0.3) is 0 Å². The van der Waals surface area contributed by atoms with Gasteiger partial charge >= 0.3 is 0 Å². The van der Waals surface area contributed by atoms with Gasteiger partial charge in [0.1, 0.15) is 5.01 Å². The Balaban J connectivity index is 0.00000169. The zero-order chi connectivity index (χ0) is 17.1. The molecule has 3 rings (SSSR count). The fraction of sp³-hybridized carbons (Fsp3) is 0.474. The van der Waals surface area contributed by atoms with Gasteiger partial charge in [-0.1, -0.05) is 30.3 Å². The van der Waals surface area contributed by atoms with Gasteiger partial charge < -0.3 is 10.2 Å². The Bertz CT molecular complexity index is 704. The van der Waals surface area contributed by atoms with Crippen LogP contribution in [0, 0.1) is 12.8 Å². The van der Waals surface area contributed by atoms with Crippen molar-refractivity contribution in [2.45, 2.75) is 32.7 Å². The van der Waals surface area contributed by atoms with Crippen molar-refractivity contribution < 1.29 is 4.79 Å². The van der Waals surface area contributed by atoms with E-state index < -0.39 is 0 Å². The lowest BCUT2D eigenvalue weighted by atomic mass is 10.2. The van der Waals surface area contributed by atoms with Crippen LogP contribution < -0.4 is 5.32 Å². The monoisotopic (exact) mass is 415 g/mol. The number of nitrogens with zero attached hydrogens (tertiary/aromatic N) is 2. The predicted octanol–water partition coefficient (Wildman–Crippen LogP) is 4.48. The molecule has 1 atom stereocenters.